The van der Waals surface area contributed by atoms with Gasteiger partial charge in [0, 0.05) is 30.7 Å². The van der Waals surface area contributed by atoms with E-state index in [-0.39, 0.29) is 12.1 Å². The molecule has 0 atom stereocenters. The van der Waals surface area contributed by atoms with Crippen molar-refractivity contribution in [2.75, 3.05) is 19.8 Å². The van der Waals surface area contributed by atoms with Crippen LogP contribution in [0.15, 0.2) is 5.11 Å². The van der Waals surface area contributed by atoms with Gasteiger partial charge in [0.15, 0.2) is 6.29 Å². The summed E-state index contributed by atoms with van der Waals surface area (Å²) < 4.78 is 10.5. The molecular weight excluding hydrogens is 210 g/mol. The van der Waals surface area contributed by atoms with Crippen LogP contribution in [0.4, 0.5) is 0 Å². The van der Waals surface area contributed by atoms with E-state index in [2.05, 4.69) is 10.0 Å². The van der Waals surface area contributed by atoms with Gasteiger partial charge in [0.1, 0.15) is 5.78 Å². The number of nitrogens with zero attached hydrogens (tertiary/aromatic N) is 3. The Morgan fingerprint density at radius 1 is 1.31 bits per heavy atom. The molecule has 0 spiro atoms. The van der Waals surface area contributed by atoms with Crippen LogP contribution in [0.2, 0.25) is 0 Å². The summed E-state index contributed by atoms with van der Waals surface area (Å²) in [6, 6.07) is 0. The van der Waals surface area contributed by atoms with E-state index >= 15 is 0 Å². The van der Waals surface area contributed by atoms with E-state index in [9.17, 15) is 4.79 Å². The smallest absolute Gasteiger partial charge is 0.158 e. The number of rotatable bonds is 8. The molecule has 1 aliphatic heterocycles. The van der Waals surface area contributed by atoms with E-state index in [0.29, 0.717) is 39.0 Å². The predicted molar refractivity (Wildman–Crippen MR) is 57.8 cm³/mol. The van der Waals surface area contributed by atoms with Crippen molar-refractivity contribution in [2.45, 2.75) is 38.4 Å². The molecule has 0 aliphatic carbocycles. The molecule has 0 unspecified atom stereocenters. The minimum Gasteiger partial charge on any atom is -0.350 e. The van der Waals surface area contributed by atoms with E-state index in [1.807, 2.05) is 0 Å². The molecule has 0 amide bonds. The van der Waals surface area contributed by atoms with Gasteiger partial charge in [-0.15, -0.1) is 0 Å². The van der Waals surface area contributed by atoms with E-state index < -0.39 is 0 Å². The van der Waals surface area contributed by atoms with Crippen molar-refractivity contribution in [3.05, 3.63) is 10.4 Å². The summed E-state index contributed by atoms with van der Waals surface area (Å²) in [4.78, 5) is 14.1. The number of ether oxygens (including phenoxy) is 2. The van der Waals surface area contributed by atoms with Gasteiger partial charge in [-0.2, -0.15) is 0 Å². The van der Waals surface area contributed by atoms with Gasteiger partial charge in [0.2, 0.25) is 0 Å². The maximum Gasteiger partial charge on any atom is 0.158 e. The molecular formula is C10H17N3O3. The Labute approximate surface area is 94.5 Å². The van der Waals surface area contributed by atoms with Crippen molar-refractivity contribution < 1.29 is 14.3 Å². The molecule has 0 saturated carbocycles. The topological polar surface area (TPSA) is 84.3 Å². The van der Waals surface area contributed by atoms with Gasteiger partial charge in [0.25, 0.3) is 0 Å². The molecule has 0 bridgehead atoms. The molecule has 0 aromatic heterocycles. The van der Waals surface area contributed by atoms with E-state index in [4.69, 9.17) is 15.0 Å². The van der Waals surface area contributed by atoms with Crippen molar-refractivity contribution in [1.29, 1.82) is 0 Å². The highest BCUT2D eigenvalue weighted by molar-refractivity contribution is 5.78. The fraction of sp³-hybridized carbons (Fsp3) is 0.900. The lowest BCUT2D eigenvalue weighted by atomic mass is 10.1. The Morgan fingerprint density at radius 2 is 2.06 bits per heavy atom. The molecule has 0 aromatic carbocycles. The lowest BCUT2D eigenvalue weighted by molar-refractivity contribution is -0.121. The largest absolute Gasteiger partial charge is 0.350 e. The summed E-state index contributed by atoms with van der Waals surface area (Å²) in [5.41, 5.74) is 8.04. The second-order valence-electron chi connectivity index (χ2n) is 3.66. The van der Waals surface area contributed by atoms with Gasteiger partial charge in [-0.25, -0.2) is 0 Å². The van der Waals surface area contributed by atoms with E-state index in [1.165, 1.54) is 0 Å². The average Bonchev–Trinajstić information content (AvgIpc) is 2.79. The molecule has 1 rings (SSSR count). The first-order valence-electron chi connectivity index (χ1n) is 5.58. The Balaban J connectivity index is 1.95. The Morgan fingerprint density at radius 3 is 2.75 bits per heavy atom. The Bertz CT molecular complexity index is 258. The summed E-state index contributed by atoms with van der Waals surface area (Å²) in [6.45, 7) is 1.73. The Kier molecular flexibility index (Phi) is 6.56. The number of Topliss-reactive ketones (excluding diaryl/α,β-unsaturated/α-hetero) is 1. The number of carbonyl (C=O) groups excluding carboxylic acids is 1. The highest BCUT2D eigenvalue weighted by Crippen LogP contribution is 2.11. The molecule has 16 heavy (non-hydrogen) atoms. The molecule has 0 radical (unpaired) electrons. The fourth-order valence-electron chi connectivity index (χ4n) is 1.53. The number of azide groups is 1. The van der Waals surface area contributed by atoms with Gasteiger partial charge in [-0.1, -0.05) is 5.11 Å². The third kappa shape index (κ3) is 5.70. The molecule has 1 fully saturated rings. The number of unbranched alkanes of at least 4 members (excludes halogenated alkanes) is 1. The van der Waals surface area contributed by atoms with Crippen LogP contribution in [0, 0.1) is 0 Å². The van der Waals surface area contributed by atoms with Crippen molar-refractivity contribution in [3.8, 4) is 0 Å². The molecule has 0 N–H and O–H groups in total. The monoisotopic (exact) mass is 227 g/mol. The lowest BCUT2D eigenvalue weighted by Crippen LogP contribution is -2.10. The number of ketones is 1. The zero-order valence-corrected chi connectivity index (χ0v) is 9.30. The fourth-order valence-corrected chi connectivity index (χ4v) is 1.53. The first-order valence-corrected chi connectivity index (χ1v) is 5.58. The van der Waals surface area contributed by atoms with Crippen LogP contribution in [-0.2, 0) is 14.3 Å². The van der Waals surface area contributed by atoms with Crippen LogP contribution in [0.5, 0.6) is 0 Å². The predicted octanol–water partition coefficient (Wildman–Crippen LogP) is 2.19. The van der Waals surface area contributed by atoms with Gasteiger partial charge in [0.05, 0.1) is 13.2 Å². The highest BCUT2D eigenvalue weighted by atomic mass is 16.7. The summed E-state index contributed by atoms with van der Waals surface area (Å²) in [6.07, 6.45) is 3.07. The third-order valence-electron chi connectivity index (χ3n) is 2.38. The van der Waals surface area contributed by atoms with Crippen molar-refractivity contribution >= 4 is 5.78 Å². The van der Waals surface area contributed by atoms with Gasteiger partial charge < -0.3 is 9.47 Å². The van der Waals surface area contributed by atoms with Crippen molar-refractivity contribution in [2.24, 2.45) is 5.11 Å². The zero-order chi connectivity index (χ0) is 11.6. The summed E-state index contributed by atoms with van der Waals surface area (Å²) in [7, 11) is 0. The van der Waals surface area contributed by atoms with Crippen molar-refractivity contribution in [3.63, 3.8) is 0 Å². The number of hydrogen-bond donors (Lipinski definition) is 0. The van der Waals surface area contributed by atoms with Gasteiger partial charge in [-0.3, -0.25) is 4.79 Å². The second-order valence-corrected chi connectivity index (χ2v) is 3.66. The van der Waals surface area contributed by atoms with Gasteiger partial charge in [-0.05, 0) is 18.4 Å². The van der Waals surface area contributed by atoms with Crippen LogP contribution in [0.3, 0.4) is 0 Å². The molecule has 1 aliphatic rings. The van der Waals surface area contributed by atoms with E-state index in [1.54, 1.807) is 0 Å². The molecule has 90 valence electrons. The quantitative estimate of drug-likeness (QED) is 0.276. The lowest BCUT2D eigenvalue weighted by Gasteiger charge is -2.07. The molecule has 6 heteroatoms. The normalized spacial score (nSPS) is 16.0. The molecule has 1 heterocycles. The summed E-state index contributed by atoms with van der Waals surface area (Å²) in [5, 5.41) is 3.41. The standard InChI is InChI=1S/C10H17N3O3/c11-13-12-6-2-1-3-9(14)4-5-10-15-7-8-16-10/h10H,1-8H2. The van der Waals surface area contributed by atoms with Crippen LogP contribution in [-0.4, -0.2) is 31.8 Å². The van der Waals surface area contributed by atoms with E-state index in [0.717, 1.165) is 12.8 Å². The minimum atomic E-state index is -0.188. The molecule has 0 aromatic rings. The molecule has 1 saturated heterocycles. The van der Waals surface area contributed by atoms with Crippen LogP contribution in [0.25, 0.3) is 10.4 Å². The Hall–Kier alpha value is -1.10. The average molecular weight is 227 g/mol. The first kappa shape index (κ1) is 13.0. The summed E-state index contributed by atoms with van der Waals surface area (Å²) in [5.74, 6) is 0.222. The van der Waals surface area contributed by atoms with Gasteiger partial charge >= 0.3 is 0 Å². The highest BCUT2D eigenvalue weighted by Gasteiger charge is 2.16. The maximum absolute atomic E-state index is 11.4. The minimum absolute atomic E-state index is 0.188. The van der Waals surface area contributed by atoms with Crippen LogP contribution >= 0.6 is 0 Å². The third-order valence-corrected chi connectivity index (χ3v) is 2.38. The van der Waals surface area contributed by atoms with Crippen LogP contribution in [0.1, 0.15) is 32.1 Å². The first-order chi connectivity index (χ1) is 7.83. The van der Waals surface area contributed by atoms with Crippen molar-refractivity contribution in [1.82, 2.24) is 0 Å². The number of carbonyl (C=O) groups is 1. The zero-order valence-electron chi connectivity index (χ0n) is 9.30. The number of hydrogen-bond acceptors (Lipinski definition) is 4. The maximum atomic E-state index is 11.4. The second kappa shape index (κ2) is 8.10. The SMILES string of the molecule is [N-]=[N+]=NCCCCC(=O)CCC1OCCO1. The summed E-state index contributed by atoms with van der Waals surface area (Å²) >= 11 is 0. The van der Waals surface area contributed by atoms with Crippen LogP contribution < -0.4 is 0 Å². The molecule has 6 nitrogen and oxygen atoms in total.